The summed E-state index contributed by atoms with van der Waals surface area (Å²) in [6.45, 7) is 2.56. The number of primary amides is 1. The largest absolute Gasteiger partial charge is 0.379 e. The van der Waals surface area contributed by atoms with E-state index in [9.17, 15) is 13.2 Å². The molecule has 4 rings (SSSR count). The Balaban J connectivity index is 1.60. The molecule has 1 aliphatic rings. The van der Waals surface area contributed by atoms with Crippen LogP contribution in [0.5, 0.6) is 0 Å². The van der Waals surface area contributed by atoms with Gasteiger partial charge in [-0.15, -0.1) is 0 Å². The van der Waals surface area contributed by atoms with Gasteiger partial charge in [-0.05, 0) is 36.8 Å². The van der Waals surface area contributed by atoms with E-state index < -0.39 is 26.9 Å². The Bertz CT molecular complexity index is 1140. The minimum absolute atomic E-state index is 0.0160. The van der Waals surface area contributed by atoms with Crippen molar-refractivity contribution in [1.29, 1.82) is 0 Å². The molecule has 28 heavy (non-hydrogen) atoms. The zero-order valence-corrected chi connectivity index (χ0v) is 16.2. The van der Waals surface area contributed by atoms with E-state index in [-0.39, 0.29) is 18.1 Å². The van der Waals surface area contributed by atoms with E-state index in [0.29, 0.717) is 6.54 Å². The summed E-state index contributed by atoms with van der Waals surface area (Å²) in [7, 11) is -3.70. The van der Waals surface area contributed by atoms with Crippen molar-refractivity contribution in [3.63, 3.8) is 0 Å². The number of amides is 1. The highest BCUT2D eigenvalue weighted by Gasteiger charge is 2.42. The van der Waals surface area contributed by atoms with Crippen LogP contribution in [-0.4, -0.2) is 42.3 Å². The molecule has 1 amide bonds. The van der Waals surface area contributed by atoms with Crippen LogP contribution < -0.4 is 5.73 Å². The Morgan fingerprint density at radius 3 is 2.61 bits per heavy atom. The van der Waals surface area contributed by atoms with Crippen molar-refractivity contribution in [2.24, 2.45) is 11.7 Å². The third kappa shape index (κ3) is 3.18. The first kappa shape index (κ1) is 18.6. The van der Waals surface area contributed by atoms with Crippen molar-refractivity contribution in [2.45, 2.75) is 23.6 Å². The number of fused-ring (bicyclic) bond motifs is 1. The molecule has 0 bridgehead atoms. The van der Waals surface area contributed by atoms with Gasteiger partial charge in [-0.1, -0.05) is 24.3 Å². The van der Waals surface area contributed by atoms with Crippen molar-refractivity contribution in [3.05, 3.63) is 59.9 Å². The highest BCUT2D eigenvalue weighted by molar-refractivity contribution is 7.92. The minimum Gasteiger partial charge on any atom is -0.379 e. The molecule has 0 radical (unpaired) electrons. The molecule has 1 saturated heterocycles. The molecule has 0 spiro atoms. The number of hydrogen-bond donors (Lipinski definition) is 1. The average molecular weight is 399 g/mol. The number of aromatic nitrogens is 2. The smallest absolute Gasteiger partial charge is 0.224 e. The molecule has 2 unspecified atom stereocenters. The molecule has 146 valence electrons. The van der Waals surface area contributed by atoms with Gasteiger partial charge in [-0.25, -0.2) is 13.4 Å². The number of hydrogen-bond acceptors (Lipinski definition) is 5. The molecule has 2 heterocycles. The van der Waals surface area contributed by atoms with Gasteiger partial charge in [0.1, 0.15) is 11.1 Å². The van der Waals surface area contributed by atoms with E-state index in [4.69, 9.17) is 10.5 Å². The van der Waals surface area contributed by atoms with Gasteiger partial charge in [0.15, 0.2) is 9.84 Å². The van der Waals surface area contributed by atoms with Crippen LogP contribution in [0.2, 0.25) is 0 Å². The van der Waals surface area contributed by atoms with Crippen LogP contribution in [0.1, 0.15) is 11.4 Å². The molecule has 1 aromatic heterocycles. The number of para-hydroxylation sites is 2. The van der Waals surface area contributed by atoms with E-state index in [0.717, 1.165) is 22.4 Å². The van der Waals surface area contributed by atoms with Crippen LogP contribution in [0.15, 0.2) is 53.4 Å². The summed E-state index contributed by atoms with van der Waals surface area (Å²) in [6, 6.07) is 14.6. The zero-order valence-electron chi connectivity index (χ0n) is 15.4. The molecule has 0 saturated carbocycles. The molecule has 2 aromatic carbocycles. The molecule has 3 aromatic rings. The predicted molar refractivity (Wildman–Crippen MR) is 104 cm³/mol. The van der Waals surface area contributed by atoms with Gasteiger partial charge in [0, 0.05) is 6.54 Å². The SMILES string of the molecule is Cc1nc2ccccc2n1Cc1ccc(S(=O)(=O)C2COCC2C(N)=O)cc1. The number of ether oxygens (including phenoxy) is 1. The van der Waals surface area contributed by atoms with Crippen LogP contribution in [0.3, 0.4) is 0 Å². The lowest BCUT2D eigenvalue weighted by Crippen LogP contribution is -2.37. The topological polar surface area (TPSA) is 104 Å². The van der Waals surface area contributed by atoms with Crippen molar-refractivity contribution in [1.82, 2.24) is 9.55 Å². The maximum atomic E-state index is 12.9. The summed E-state index contributed by atoms with van der Waals surface area (Å²) in [5, 5.41) is -0.935. The summed E-state index contributed by atoms with van der Waals surface area (Å²) in [5.74, 6) is -0.569. The van der Waals surface area contributed by atoms with Crippen LogP contribution in [0.25, 0.3) is 11.0 Å². The normalized spacial score (nSPS) is 19.9. The van der Waals surface area contributed by atoms with Crippen molar-refractivity contribution < 1.29 is 17.9 Å². The van der Waals surface area contributed by atoms with Gasteiger partial charge >= 0.3 is 0 Å². The van der Waals surface area contributed by atoms with Crippen LogP contribution >= 0.6 is 0 Å². The molecular weight excluding hydrogens is 378 g/mol. The number of nitrogens with zero attached hydrogens (tertiary/aromatic N) is 2. The number of benzene rings is 2. The fourth-order valence-corrected chi connectivity index (χ4v) is 5.43. The summed E-state index contributed by atoms with van der Waals surface area (Å²) in [6.07, 6.45) is 0. The van der Waals surface area contributed by atoms with Gasteiger partial charge in [0.05, 0.1) is 35.1 Å². The fourth-order valence-electron chi connectivity index (χ4n) is 3.64. The second-order valence-electron chi connectivity index (χ2n) is 7.01. The number of imidazole rings is 1. The van der Waals surface area contributed by atoms with E-state index in [1.165, 1.54) is 0 Å². The van der Waals surface area contributed by atoms with Crippen molar-refractivity contribution in [3.8, 4) is 0 Å². The minimum atomic E-state index is -3.70. The first-order valence-corrected chi connectivity index (χ1v) is 10.5. The molecule has 1 aliphatic heterocycles. The lowest BCUT2D eigenvalue weighted by molar-refractivity contribution is -0.121. The quantitative estimate of drug-likeness (QED) is 0.703. The fraction of sp³-hybridized carbons (Fsp3) is 0.300. The number of carbonyl (C=O) groups excluding carboxylic acids is 1. The number of carbonyl (C=O) groups is 1. The van der Waals surface area contributed by atoms with Gasteiger partial charge in [-0.3, -0.25) is 4.79 Å². The lowest BCUT2D eigenvalue weighted by atomic mass is 10.1. The molecule has 7 nitrogen and oxygen atoms in total. The summed E-state index contributed by atoms with van der Waals surface area (Å²) >= 11 is 0. The second kappa shape index (κ2) is 7.03. The van der Waals surface area contributed by atoms with E-state index in [1.807, 2.05) is 31.2 Å². The van der Waals surface area contributed by atoms with Gasteiger partial charge in [-0.2, -0.15) is 0 Å². The summed E-state index contributed by atoms with van der Waals surface area (Å²) < 4.78 is 33.1. The summed E-state index contributed by atoms with van der Waals surface area (Å²) in [4.78, 5) is 16.3. The first-order valence-electron chi connectivity index (χ1n) is 8.99. The van der Waals surface area contributed by atoms with Crippen LogP contribution in [-0.2, 0) is 25.9 Å². The van der Waals surface area contributed by atoms with E-state index in [1.54, 1.807) is 24.3 Å². The third-order valence-corrected chi connectivity index (χ3v) is 7.42. The van der Waals surface area contributed by atoms with Crippen molar-refractivity contribution >= 4 is 26.8 Å². The standard InChI is InChI=1S/C20H21N3O4S/c1-13-22-17-4-2-3-5-18(17)23(13)10-14-6-8-15(9-7-14)28(25,26)19-12-27-11-16(19)20(21)24/h2-9,16,19H,10-12H2,1H3,(H2,21,24). The molecule has 8 heteroatoms. The van der Waals surface area contributed by atoms with E-state index >= 15 is 0 Å². The van der Waals surface area contributed by atoms with Gasteiger partial charge < -0.3 is 15.0 Å². The third-order valence-electron chi connectivity index (χ3n) is 5.23. The zero-order chi connectivity index (χ0) is 19.9. The Hall–Kier alpha value is -2.71. The highest BCUT2D eigenvalue weighted by atomic mass is 32.2. The molecular formula is C20H21N3O4S. The Kier molecular flexibility index (Phi) is 4.68. The molecule has 0 aliphatic carbocycles. The number of nitrogens with two attached hydrogens (primary N) is 1. The first-order chi connectivity index (χ1) is 13.4. The van der Waals surface area contributed by atoms with Gasteiger partial charge in [0.2, 0.25) is 5.91 Å². The number of sulfone groups is 1. The monoisotopic (exact) mass is 399 g/mol. The second-order valence-corrected chi connectivity index (χ2v) is 9.17. The molecule has 2 N–H and O–H groups in total. The number of rotatable bonds is 5. The maximum absolute atomic E-state index is 12.9. The van der Waals surface area contributed by atoms with Crippen LogP contribution in [0, 0.1) is 12.8 Å². The van der Waals surface area contributed by atoms with Crippen LogP contribution in [0.4, 0.5) is 0 Å². The Morgan fingerprint density at radius 1 is 1.18 bits per heavy atom. The van der Waals surface area contributed by atoms with Crippen molar-refractivity contribution in [2.75, 3.05) is 13.2 Å². The molecule has 1 fully saturated rings. The maximum Gasteiger partial charge on any atom is 0.224 e. The molecule has 2 atom stereocenters. The predicted octanol–water partition coefficient (Wildman–Crippen LogP) is 1.67. The average Bonchev–Trinajstić information content (AvgIpc) is 3.28. The Labute approximate surface area is 163 Å². The van der Waals surface area contributed by atoms with E-state index in [2.05, 4.69) is 9.55 Å². The van der Waals surface area contributed by atoms with Gasteiger partial charge in [0.25, 0.3) is 0 Å². The number of aryl methyl sites for hydroxylation is 1. The highest BCUT2D eigenvalue weighted by Crippen LogP contribution is 2.27. The lowest BCUT2D eigenvalue weighted by Gasteiger charge is -2.16. The summed E-state index contributed by atoms with van der Waals surface area (Å²) in [5.41, 5.74) is 8.25. The Morgan fingerprint density at radius 2 is 1.89 bits per heavy atom.